The first-order chi connectivity index (χ1) is 11.1. The molecule has 3 nitrogen and oxygen atoms in total. The van der Waals surface area contributed by atoms with Crippen LogP contribution in [0.3, 0.4) is 0 Å². The van der Waals surface area contributed by atoms with Gasteiger partial charge in [0.1, 0.15) is 5.82 Å². The predicted molar refractivity (Wildman–Crippen MR) is 92.6 cm³/mol. The summed E-state index contributed by atoms with van der Waals surface area (Å²) in [5.41, 5.74) is 1.81. The summed E-state index contributed by atoms with van der Waals surface area (Å²) in [6, 6.07) is 14.4. The fourth-order valence-electron chi connectivity index (χ4n) is 2.50. The van der Waals surface area contributed by atoms with E-state index >= 15 is 0 Å². The van der Waals surface area contributed by atoms with Crippen molar-refractivity contribution >= 4 is 27.5 Å². The molecule has 1 saturated carbocycles. The summed E-state index contributed by atoms with van der Waals surface area (Å²) >= 11 is 3.37. The second-order valence-corrected chi connectivity index (χ2v) is 6.73. The minimum Gasteiger partial charge on any atom is -0.325 e. The Morgan fingerprint density at radius 1 is 1.13 bits per heavy atom. The lowest BCUT2D eigenvalue weighted by atomic mass is 10.2. The Balaban J connectivity index is 1.59. The van der Waals surface area contributed by atoms with Crippen molar-refractivity contribution in [1.82, 2.24) is 4.90 Å². The normalized spacial score (nSPS) is 14.0. The third kappa shape index (κ3) is 4.88. The number of hydrogen-bond donors (Lipinski definition) is 1. The van der Waals surface area contributed by atoms with E-state index in [1.807, 2.05) is 24.3 Å². The van der Waals surface area contributed by atoms with Crippen molar-refractivity contribution in [1.29, 1.82) is 0 Å². The molecule has 0 spiro atoms. The number of benzene rings is 2. The van der Waals surface area contributed by atoms with Gasteiger partial charge in [-0.3, -0.25) is 9.69 Å². The number of hydrogen-bond acceptors (Lipinski definition) is 2. The molecular formula is C18H18BrFN2O. The van der Waals surface area contributed by atoms with Crippen molar-refractivity contribution in [3.63, 3.8) is 0 Å². The van der Waals surface area contributed by atoms with Crippen LogP contribution in [0.2, 0.25) is 0 Å². The highest BCUT2D eigenvalue weighted by atomic mass is 79.9. The average molecular weight is 377 g/mol. The third-order valence-electron chi connectivity index (χ3n) is 3.84. The maximum Gasteiger partial charge on any atom is 0.238 e. The second-order valence-electron chi connectivity index (χ2n) is 5.82. The van der Waals surface area contributed by atoms with Crippen LogP contribution in [-0.4, -0.2) is 23.4 Å². The van der Waals surface area contributed by atoms with Gasteiger partial charge in [-0.1, -0.05) is 28.1 Å². The minimum atomic E-state index is -0.236. The lowest BCUT2D eigenvalue weighted by Crippen LogP contribution is -2.34. The van der Waals surface area contributed by atoms with Gasteiger partial charge in [0.25, 0.3) is 0 Å². The molecule has 1 aliphatic carbocycles. The molecular weight excluding hydrogens is 359 g/mol. The van der Waals surface area contributed by atoms with Gasteiger partial charge in [0.2, 0.25) is 5.91 Å². The van der Waals surface area contributed by atoms with Crippen molar-refractivity contribution < 1.29 is 9.18 Å². The highest BCUT2D eigenvalue weighted by molar-refractivity contribution is 9.10. The SMILES string of the molecule is O=C(CN(Cc1ccc(F)cc1)C1CC1)Nc1ccc(Br)cc1. The van der Waals surface area contributed by atoms with Crippen LogP contribution < -0.4 is 5.32 Å². The molecule has 0 saturated heterocycles. The van der Waals surface area contributed by atoms with Crippen LogP contribution in [0, 0.1) is 5.82 Å². The highest BCUT2D eigenvalue weighted by Gasteiger charge is 2.30. The molecule has 5 heteroatoms. The van der Waals surface area contributed by atoms with Gasteiger partial charge < -0.3 is 5.32 Å². The van der Waals surface area contributed by atoms with E-state index < -0.39 is 0 Å². The molecule has 0 bridgehead atoms. The summed E-state index contributed by atoms with van der Waals surface area (Å²) in [4.78, 5) is 14.4. The van der Waals surface area contributed by atoms with E-state index in [4.69, 9.17) is 0 Å². The molecule has 1 N–H and O–H groups in total. The smallest absolute Gasteiger partial charge is 0.238 e. The molecule has 0 aromatic heterocycles. The van der Waals surface area contributed by atoms with Gasteiger partial charge in [-0.2, -0.15) is 0 Å². The summed E-state index contributed by atoms with van der Waals surface area (Å²) in [5, 5.41) is 2.92. The Bertz CT molecular complexity index is 668. The Morgan fingerprint density at radius 2 is 1.78 bits per heavy atom. The van der Waals surface area contributed by atoms with E-state index in [1.165, 1.54) is 12.1 Å². The Kier molecular flexibility index (Phi) is 5.08. The fraction of sp³-hybridized carbons (Fsp3) is 0.278. The van der Waals surface area contributed by atoms with E-state index in [0.29, 0.717) is 19.1 Å². The molecule has 1 fully saturated rings. The van der Waals surface area contributed by atoms with Gasteiger partial charge in [0.05, 0.1) is 6.54 Å². The Morgan fingerprint density at radius 3 is 2.39 bits per heavy atom. The number of nitrogens with zero attached hydrogens (tertiary/aromatic N) is 1. The van der Waals surface area contributed by atoms with Gasteiger partial charge in [-0.05, 0) is 54.8 Å². The van der Waals surface area contributed by atoms with Gasteiger partial charge in [-0.15, -0.1) is 0 Å². The molecule has 3 rings (SSSR count). The van der Waals surface area contributed by atoms with Crippen LogP contribution >= 0.6 is 15.9 Å². The molecule has 1 amide bonds. The molecule has 0 radical (unpaired) electrons. The third-order valence-corrected chi connectivity index (χ3v) is 4.37. The van der Waals surface area contributed by atoms with Crippen LogP contribution in [0.1, 0.15) is 18.4 Å². The first-order valence-electron chi connectivity index (χ1n) is 7.64. The highest BCUT2D eigenvalue weighted by Crippen LogP contribution is 2.28. The molecule has 0 atom stereocenters. The van der Waals surface area contributed by atoms with Crippen molar-refractivity contribution in [3.05, 3.63) is 64.4 Å². The number of halogens is 2. The number of nitrogens with one attached hydrogen (secondary N) is 1. The molecule has 2 aromatic carbocycles. The molecule has 0 unspecified atom stereocenters. The number of carbonyl (C=O) groups is 1. The zero-order valence-corrected chi connectivity index (χ0v) is 14.2. The summed E-state index contributed by atoms with van der Waals surface area (Å²) in [6.45, 7) is 1.01. The zero-order chi connectivity index (χ0) is 16.2. The summed E-state index contributed by atoms with van der Waals surface area (Å²) in [7, 11) is 0. The molecule has 0 aliphatic heterocycles. The van der Waals surface area contributed by atoms with Gasteiger partial charge in [0.15, 0.2) is 0 Å². The van der Waals surface area contributed by atoms with Crippen LogP contribution in [0.15, 0.2) is 53.0 Å². The fourth-order valence-corrected chi connectivity index (χ4v) is 2.76. The van der Waals surface area contributed by atoms with Crippen molar-refractivity contribution in [2.75, 3.05) is 11.9 Å². The molecule has 0 heterocycles. The molecule has 23 heavy (non-hydrogen) atoms. The Hall–Kier alpha value is -1.72. The van der Waals surface area contributed by atoms with E-state index in [-0.39, 0.29) is 11.7 Å². The maximum absolute atomic E-state index is 13.0. The number of anilines is 1. The number of amides is 1. The molecule has 120 valence electrons. The number of rotatable bonds is 6. The zero-order valence-electron chi connectivity index (χ0n) is 12.6. The first-order valence-corrected chi connectivity index (χ1v) is 8.43. The van der Waals surface area contributed by atoms with Crippen LogP contribution in [0.4, 0.5) is 10.1 Å². The van der Waals surface area contributed by atoms with Gasteiger partial charge in [-0.25, -0.2) is 4.39 Å². The molecule has 1 aliphatic rings. The van der Waals surface area contributed by atoms with Crippen molar-refractivity contribution in [3.8, 4) is 0 Å². The largest absolute Gasteiger partial charge is 0.325 e. The van der Waals surface area contributed by atoms with E-state index in [9.17, 15) is 9.18 Å². The van der Waals surface area contributed by atoms with Gasteiger partial charge in [0, 0.05) is 22.7 Å². The van der Waals surface area contributed by atoms with Crippen LogP contribution in [0.5, 0.6) is 0 Å². The van der Waals surface area contributed by atoms with Crippen molar-refractivity contribution in [2.24, 2.45) is 0 Å². The van der Waals surface area contributed by atoms with E-state index in [1.54, 1.807) is 12.1 Å². The monoisotopic (exact) mass is 376 g/mol. The molecule has 2 aromatic rings. The van der Waals surface area contributed by atoms with Crippen LogP contribution in [0.25, 0.3) is 0 Å². The van der Waals surface area contributed by atoms with Crippen molar-refractivity contribution in [2.45, 2.75) is 25.4 Å². The van der Waals surface area contributed by atoms with E-state index in [2.05, 4.69) is 26.1 Å². The van der Waals surface area contributed by atoms with Crippen LogP contribution in [-0.2, 0) is 11.3 Å². The summed E-state index contributed by atoms with van der Waals surface area (Å²) in [5.74, 6) is -0.263. The van der Waals surface area contributed by atoms with Gasteiger partial charge >= 0.3 is 0 Å². The topological polar surface area (TPSA) is 32.3 Å². The predicted octanol–water partition coefficient (Wildman–Crippen LogP) is 4.19. The number of carbonyl (C=O) groups excluding carboxylic acids is 1. The maximum atomic E-state index is 13.0. The minimum absolute atomic E-state index is 0.0265. The quantitative estimate of drug-likeness (QED) is 0.819. The van der Waals surface area contributed by atoms with E-state index in [0.717, 1.165) is 28.6 Å². The standard InChI is InChI=1S/C18H18BrFN2O/c19-14-3-7-16(8-4-14)21-18(23)12-22(17-9-10-17)11-13-1-5-15(20)6-2-13/h1-8,17H,9-12H2,(H,21,23). The lowest BCUT2D eigenvalue weighted by Gasteiger charge is -2.21. The summed E-state index contributed by atoms with van der Waals surface area (Å²) < 4.78 is 14.0. The second kappa shape index (κ2) is 7.23. The Labute approximate surface area is 143 Å². The first kappa shape index (κ1) is 16.1. The average Bonchev–Trinajstić information content (AvgIpc) is 3.36. The lowest BCUT2D eigenvalue weighted by molar-refractivity contribution is -0.117. The summed E-state index contributed by atoms with van der Waals surface area (Å²) in [6.07, 6.45) is 2.24.